The van der Waals surface area contributed by atoms with Crippen molar-refractivity contribution in [2.45, 2.75) is 64.0 Å². The molecule has 2 rings (SSSR count). The van der Waals surface area contributed by atoms with E-state index in [1.165, 1.54) is 29.8 Å². The van der Waals surface area contributed by atoms with Gasteiger partial charge in [-0.25, -0.2) is 8.42 Å². The minimum atomic E-state index is -3.33. The molecule has 1 saturated heterocycles. The van der Waals surface area contributed by atoms with Gasteiger partial charge in [-0.3, -0.25) is 4.79 Å². The van der Waals surface area contributed by atoms with Crippen LogP contribution in [0.25, 0.3) is 0 Å². The lowest BCUT2D eigenvalue weighted by molar-refractivity contribution is -0.126. The Labute approximate surface area is 140 Å². The second kappa shape index (κ2) is 8.44. The number of piperidine rings is 1. The molecule has 0 bridgehead atoms. The van der Waals surface area contributed by atoms with Crippen LogP contribution < -0.4 is 5.32 Å². The van der Waals surface area contributed by atoms with Gasteiger partial charge in [-0.2, -0.15) is 4.31 Å². The first-order valence-corrected chi connectivity index (χ1v) is 10.6. The smallest absolute Gasteiger partial charge is 0.238 e. The summed E-state index contributed by atoms with van der Waals surface area (Å²) in [5, 5.41) is 2.84. The number of sulfonamides is 1. The topological polar surface area (TPSA) is 75.7 Å². The van der Waals surface area contributed by atoms with Crippen molar-refractivity contribution in [1.29, 1.82) is 0 Å². The van der Waals surface area contributed by atoms with Gasteiger partial charge in [0.25, 0.3) is 0 Å². The van der Waals surface area contributed by atoms with Crippen molar-refractivity contribution >= 4 is 15.9 Å². The predicted molar refractivity (Wildman–Crippen MR) is 89.6 cm³/mol. The fourth-order valence-electron chi connectivity index (χ4n) is 3.60. The maximum absolute atomic E-state index is 12.3. The Kier molecular flexibility index (Phi) is 6.85. The van der Waals surface area contributed by atoms with Crippen molar-refractivity contribution in [2.24, 2.45) is 5.92 Å². The summed E-state index contributed by atoms with van der Waals surface area (Å²) >= 11 is 0. The van der Waals surface area contributed by atoms with Crippen molar-refractivity contribution in [3.63, 3.8) is 0 Å². The third-order valence-corrected chi connectivity index (χ3v) is 6.24. The van der Waals surface area contributed by atoms with Gasteiger partial charge in [0.15, 0.2) is 0 Å². The molecule has 1 heterocycles. The minimum absolute atomic E-state index is 0.199. The van der Waals surface area contributed by atoms with Gasteiger partial charge in [0, 0.05) is 13.1 Å². The third kappa shape index (κ3) is 5.43. The zero-order valence-corrected chi connectivity index (χ0v) is 15.1. The standard InChI is InChI=1S/C16H30N2O4S/c1-13-7-3-4-9-15(13)22-12-10-17-16(19)14-8-5-6-11-18(14)23(2,20)21/h13-15H,3-12H2,1-2H3,(H,17,19). The molecular formula is C16H30N2O4S. The first kappa shape index (κ1) is 18.7. The maximum Gasteiger partial charge on any atom is 0.238 e. The van der Waals surface area contributed by atoms with Crippen LogP contribution in [0.4, 0.5) is 0 Å². The van der Waals surface area contributed by atoms with Gasteiger partial charge >= 0.3 is 0 Å². The molecular weight excluding hydrogens is 316 g/mol. The summed E-state index contributed by atoms with van der Waals surface area (Å²) in [5.74, 6) is 0.383. The second-order valence-electron chi connectivity index (χ2n) is 6.85. The molecule has 1 aliphatic heterocycles. The second-order valence-corrected chi connectivity index (χ2v) is 8.78. The van der Waals surface area contributed by atoms with E-state index in [-0.39, 0.29) is 5.91 Å². The van der Waals surface area contributed by atoms with Crippen molar-refractivity contribution in [3.8, 4) is 0 Å². The number of amides is 1. The van der Waals surface area contributed by atoms with Crippen molar-refractivity contribution in [1.82, 2.24) is 9.62 Å². The SMILES string of the molecule is CC1CCCCC1OCCNC(=O)C1CCCCN1S(C)(=O)=O. The van der Waals surface area contributed by atoms with Gasteiger partial charge < -0.3 is 10.1 Å². The molecule has 1 N–H and O–H groups in total. The van der Waals surface area contributed by atoms with Crippen LogP contribution in [0.2, 0.25) is 0 Å². The summed E-state index contributed by atoms with van der Waals surface area (Å²) < 4.78 is 30.8. The fraction of sp³-hybridized carbons (Fsp3) is 0.938. The lowest BCUT2D eigenvalue weighted by Crippen LogP contribution is -2.52. The molecule has 0 aromatic rings. The molecule has 2 aliphatic rings. The molecule has 134 valence electrons. The van der Waals surface area contributed by atoms with Crippen LogP contribution in [-0.2, 0) is 19.6 Å². The highest BCUT2D eigenvalue weighted by Gasteiger charge is 2.34. The van der Waals surface area contributed by atoms with Crippen LogP contribution in [0.5, 0.6) is 0 Å². The van der Waals surface area contributed by atoms with E-state index in [0.29, 0.717) is 38.1 Å². The van der Waals surface area contributed by atoms with Crippen LogP contribution in [0, 0.1) is 5.92 Å². The van der Waals surface area contributed by atoms with E-state index < -0.39 is 16.1 Å². The van der Waals surface area contributed by atoms with Gasteiger partial charge in [0.2, 0.25) is 15.9 Å². The molecule has 1 amide bonds. The largest absolute Gasteiger partial charge is 0.376 e. The highest BCUT2D eigenvalue weighted by molar-refractivity contribution is 7.88. The number of nitrogens with zero attached hydrogens (tertiary/aromatic N) is 1. The first-order chi connectivity index (χ1) is 10.9. The van der Waals surface area contributed by atoms with Gasteiger partial charge in [-0.15, -0.1) is 0 Å². The molecule has 3 unspecified atom stereocenters. The van der Waals surface area contributed by atoms with Crippen LogP contribution in [0.1, 0.15) is 51.9 Å². The van der Waals surface area contributed by atoms with E-state index in [4.69, 9.17) is 4.74 Å². The summed E-state index contributed by atoms with van der Waals surface area (Å²) in [4.78, 5) is 12.3. The lowest BCUT2D eigenvalue weighted by atomic mass is 9.88. The van der Waals surface area contributed by atoms with Crippen LogP contribution >= 0.6 is 0 Å². The summed E-state index contributed by atoms with van der Waals surface area (Å²) in [6, 6.07) is -0.563. The van der Waals surface area contributed by atoms with Crippen LogP contribution in [-0.4, -0.2) is 56.7 Å². The zero-order valence-electron chi connectivity index (χ0n) is 14.3. The molecule has 1 aliphatic carbocycles. The number of carbonyl (C=O) groups excluding carboxylic acids is 1. The minimum Gasteiger partial charge on any atom is -0.376 e. The van der Waals surface area contributed by atoms with Gasteiger partial charge in [-0.05, 0) is 31.6 Å². The molecule has 0 radical (unpaired) electrons. The third-order valence-electron chi connectivity index (χ3n) is 4.95. The quantitative estimate of drug-likeness (QED) is 0.740. The van der Waals surface area contributed by atoms with Crippen LogP contribution in [0.3, 0.4) is 0 Å². The highest BCUT2D eigenvalue weighted by Crippen LogP contribution is 2.26. The van der Waals surface area contributed by atoms with Crippen molar-refractivity contribution in [3.05, 3.63) is 0 Å². The molecule has 3 atom stereocenters. The number of nitrogens with one attached hydrogen (secondary N) is 1. The van der Waals surface area contributed by atoms with Gasteiger partial charge in [-0.1, -0.05) is 26.2 Å². The van der Waals surface area contributed by atoms with Gasteiger partial charge in [0.1, 0.15) is 6.04 Å². The van der Waals surface area contributed by atoms with Crippen molar-refractivity contribution in [2.75, 3.05) is 26.0 Å². The first-order valence-electron chi connectivity index (χ1n) is 8.75. The number of carbonyl (C=O) groups is 1. The summed E-state index contributed by atoms with van der Waals surface area (Å²) in [6.07, 6.45) is 8.57. The number of ether oxygens (including phenoxy) is 1. The highest BCUT2D eigenvalue weighted by atomic mass is 32.2. The average Bonchev–Trinajstić information content (AvgIpc) is 2.52. The summed E-state index contributed by atoms with van der Waals surface area (Å²) in [7, 11) is -3.33. The molecule has 0 aromatic carbocycles. The maximum atomic E-state index is 12.3. The van der Waals surface area contributed by atoms with Crippen LogP contribution in [0.15, 0.2) is 0 Å². The molecule has 0 spiro atoms. The Hall–Kier alpha value is -0.660. The number of hydrogen-bond acceptors (Lipinski definition) is 4. The summed E-state index contributed by atoms with van der Waals surface area (Å²) in [5.41, 5.74) is 0. The van der Waals surface area contributed by atoms with Crippen molar-refractivity contribution < 1.29 is 17.9 Å². The molecule has 0 aromatic heterocycles. The Morgan fingerprint density at radius 1 is 1.17 bits per heavy atom. The van der Waals surface area contributed by atoms with E-state index in [1.807, 2.05) is 0 Å². The molecule has 1 saturated carbocycles. The Morgan fingerprint density at radius 2 is 1.87 bits per heavy atom. The fourth-order valence-corrected chi connectivity index (χ4v) is 4.72. The summed E-state index contributed by atoms with van der Waals surface area (Å²) in [6.45, 7) is 3.59. The molecule has 6 nitrogen and oxygen atoms in total. The van der Waals surface area contributed by atoms with E-state index in [2.05, 4.69) is 12.2 Å². The molecule has 7 heteroatoms. The Balaban J connectivity index is 1.75. The average molecular weight is 346 g/mol. The van der Waals surface area contributed by atoms with E-state index in [9.17, 15) is 13.2 Å². The molecule has 2 fully saturated rings. The molecule has 23 heavy (non-hydrogen) atoms. The monoisotopic (exact) mass is 346 g/mol. The van der Waals surface area contributed by atoms with E-state index >= 15 is 0 Å². The normalized spacial score (nSPS) is 30.1. The number of hydrogen-bond donors (Lipinski definition) is 1. The Bertz CT molecular complexity index is 494. The zero-order chi connectivity index (χ0) is 16.9. The lowest BCUT2D eigenvalue weighted by Gasteiger charge is -2.32. The number of rotatable bonds is 6. The van der Waals surface area contributed by atoms with E-state index in [0.717, 1.165) is 19.3 Å². The Morgan fingerprint density at radius 3 is 2.57 bits per heavy atom. The van der Waals surface area contributed by atoms with Gasteiger partial charge in [0.05, 0.1) is 19.0 Å². The van der Waals surface area contributed by atoms with E-state index in [1.54, 1.807) is 0 Å². The predicted octanol–water partition coefficient (Wildman–Crippen LogP) is 1.51.